The van der Waals surface area contributed by atoms with Crippen LogP contribution in [0.2, 0.25) is 15.1 Å². The van der Waals surface area contributed by atoms with E-state index in [4.69, 9.17) is 34.8 Å². The van der Waals surface area contributed by atoms with Crippen molar-refractivity contribution in [1.82, 2.24) is 4.65 Å². The van der Waals surface area contributed by atoms with Crippen LogP contribution in [0.4, 0.5) is 11.4 Å². The molecule has 0 aromatic heterocycles. The van der Waals surface area contributed by atoms with Crippen LogP contribution in [0, 0.1) is 5.21 Å². The lowest BCUT2D eigenvalue weighted by molar-refractivity contribution is 0.448. The van der Waals surface area contributed by atoms with Crippen molar-refractivity contribution in [3.63, 3.8) is 0 Å². The van der Waals surface area contributed by atoms with E-state index < -0.39 is 4.65 Å². The molecule has 3 aromatic carbocycles. The Morgan fingerprint density at radius 2 is 1.52 bits per heavy atom. The van der Waals surface area contributed by atoms with Crippen molar-refractivity contribution < 1.29 is 5.11 Å². The summed E-state index contributed by atoms with van der Waals surface area (Å²) in [6.07, 6.45) is 1.38. The number of fused-ring (bicyclic) bond motifs is 1. The van der Waals surface area contributed by atoms with Gasteiger partial charge in [-0.05, 0) is 36.2 Å². The lowest BCUT2D eigenvalue weighted by Gasteiger charge is -2.46. The molecule has 0 saturated carbocycles. The molecule has 1 atom stereocenters. The molecule has 4 rings (SSSR count). The van der Waals surface area contributed by atoms with Crippen LogP contribution in [-0.4, -0.2) is 11.7 Å². The fraction of sp³-hybridized carbons (Fsp3) is 0.143. The third-order valence-corrected chi connectivity index (χ3v) is 5.90. The lowest BCUT2D eigenvalue weighted by atomic mass is 9.91. The van der Waals surface area contributed by atoms with Gasteiger partial charge in [-0.1, -0.05) is 59.1 Å². The molecule has 1 aliphatic heterocycles. The van der Waals surface area contributed by atoms with Crippen LogP contribution in [-0.2, 0) is 6.42 Å². The second kappa shape index (κ2) is 7.01. The Balaban J connectivity index is 2.01. The minimum absolute atomic E-state index is 0.00657. The van der Waals surface area contributed by atoms with Gasteiger partial charge in [-0.2, -0.15) is 0 Å². The maximum atomic E-state index is 14.0. The average molecular weight is 421 g/mol. The molecule has 1 heterocycles. The first-order valence-electron chi connectivity index (χ1n) is 8.57. The minimum atomic E-state index is -0.806. The van der Waals surface area contributed by atoms with Crippen LogP contribution in [0.3, 0.4) is 0 Å². The molecule has 138 valence electrons. The number of nitrogens with zero attached hydrogens (tertiary/aromatic N) is 1. The van der Waals surface area contributed by atoms with Crippen molar-refractivity contribution in [3.05, 3.63) is 80.4 Å². The topological polar surface area (TPSA) is 43.3 Å². The molecule has 1 N–H and O–H groups in total. The van der Waals surface area contributed by atoms with E-state index in [1.807, 2.05) is 18.2 Å². The van der Waals surface area contributed by atoms with Gasteiger partial charge in [-0.3, -0.25) is 4.65 Å². The molecular weight excluding hydrogens is 405 g/mol. The number of hydrogen-bond acceptors (Lipinski definition) is 2. The first kappa shape index (κ1) is 18.6. The number of benzene rings is 3. The van der Waals surface area contributed by atoms with Crippen LogP contribution < -0.4 is 4.65 Å². The zero-order valence-corrected chi connectivity index (χ0v) is 16.5. The third-order valence-electron chi connectivity index (χ3n) is 4.96. The molecule has 27 heavy (non-hydrogen) atoms. The number of rotatable bonds is 2. The summed E-state index contributed by atoms with van der Waals surface area (Å²) in [6, 6.07) is 15.6. The van der Waals surface area contributed by atoms with Crippen molar-refractivity contribution in [3.8, 4) is 16.9 Å². The van der Waals surface area contributed by atoms with Gasteiger partial charge < -0.3 is 10.3 Å². The highest BCUT2D eigenvalue weighted by atomic mass is 35.5. The number of hydroxylamine groups is 1. The first-order chi connectivity index (χ1) is 12.9. The summed E-state index contributed by atoms with van der Waals surface area (Å²) < 4.78 is -0.806. The molecule has 0 radical (unpaired) electrons. The van der Waals surface area contributed by atoms with Crippen LogP contribution in [0.25, 0.3) is 11.1 Å². The van der Waals surface area contributed by atoms with Crippen LogP contribution in [0.1, 0.15) is 12.0 Å². The maximum absolute atomic E-state index is 14.0. The predicted octanol–water partition coefficient (Wildman–Crippen LogP) is 7.10. The van der Waals surface area contributed by atoms with E-state index in [1.165, 1.54) is 6.07 Å². The third kappa shape index (κ3) is 3.10. The molecule has 1 unspecified atom stereocenters. The zero-order chi connectivity index (χ0) is 19.2. The fourth-order valence-electron chi connectivity index (χ4n) is 3.81. The standard InChI is InChI=1S/C21H16Cl3NO2/c22-17-7-2-1-5-14(17)16-11-13(26)12-20-15(16)6-4-10-25(20,27)21-18(23)8-3-9-19(21)24/h1-3,5,7-9,11-12,26H,4,6,10H2. The molecule has 0 amide bonds. The van der Waals surface area contributed by atoms with E-state index in [2.05, 4.69) is 0 Å². The van der Waals surface area contributed by atoms with Crippen LogP contribution >= 0.6 is 34.8 Å². The molecular formula is C21H16Cl3NO2. The van der Waals surface area contributed by atoms with Crippen molar-refractivity contribution in [2.24, 2.45) is 0 Å². The molecule has 0 fully saturated rings. The van der Waals surface area contributed by atoms with Gasteiger partial charge in [0.1, 0.15) is 21.5 Å². The number of halogens is 3. The molecule has 3 nitrogen and oxygen atoms in total. The number of phenolic OH excluding ortho intramolecular Hbond substituents is 1. The summed E-state index contributed by atoms with van der Waals surface area (Å²) >= 11 is 19.1. The summed E-state index contributed by atoms with van der Waals surface area (Å²) in [4.78, 5) is 0. The van der Waals surface area contributed by atoms with E-state index in [-0.39, 0.29) is 5.75 Å². The Bertz CT molecular complexity index is 1020. The molecule has 1 aliphatic rings. The molecule has 6 heteroatoms. The number of para-hydroxylation sites is 1. The summed E-state index contributed by atoms with van der Waals surface area (Å²) in [5.41, 5.74) is 3.16. The van der Waals surface area contributed by atoms with Gasteiger partial charge in [0, 0.05) is 28.6 Å². The fourth-order valence-corrected chi connectivity index (χ4v) is 4.72. The molecule has 0 spiro atoms. The highest BCUT2D eigenvalue weighted by Gasteiger charge is 2.36. The zero-order valence-electron chi connectivity index (χ0n) is 14.3. The van der Waals surface area contributed by atoms with E-state index in [1.54, 1.807) is 30.3 Å². The van der Waals surface area contributed by atoms with Gasteiger partial charge in [0.15, 0.2) is 5.69 Å². The van der Waals surface area contributed by atoms with E-state index in [0.29, 0.717) is 45.8 Å². The van der Waals surface area contributed by atoms with Gasteiger partial charge in [0.2, 0.25) is 0 Å². The largest absolute Gasteiger partial charge is 0.622 e. The van der Waals surface area contributed by atoms with E-state index in [0.717, 1.165) is 16.7 Å². The van der Waals surface area contributed by atoms with Crippen molar-refractivity contribution >= 4 is 46.2 Å². The lowest BCUT2D eigenvalue weighted by Crippen LogP contribution is -2.42. The summed E-state index contributed by atoms with van der Waals surface area (Å²) in [5.74, 6) is 0.00657. The van der Waals surface area contributed by atoms with Gasteiger partial charge in [0.25, 0.3) is 0 Å². The van der Waals surface area contributed by atoms with Crippen molar-refractivity contribution in [1.29, 1.82) is 0 Å². The number of aromatic hydroxyl groups is 1. The quantitative estimate of drug-likeness (QED) is 0.355. The van der Waals surface area contributed by atoms with E-state index in [9.17, 15) is 10.3 Å². The molecule has 0 aliphatic carbocycles. The van der Waals surface area contributed by atoms with Crippen LogP contribution in [0.15, 0.2) is 54.6 Å². The number of quaternary nitrogens is 1. The van der Waals surface area contributed by atoms with E-state index >= 15 is 0 Å². The summed E-state index contributed by atoms with van der Waals surface area (Å²) in [6.45, 7) is 0.294. The Morgan fingerprint density at radius 3 is 2.22 bits per heavy atom. The molecule has 0 bridgehead atoms. The second-order valence-corrected chi connectivity index (χ2v) is 7.83. The van der Waals surface area contributed by atoms with Gasteiger partial charge in [-0.25, -0.2) is 0 Å². The summed E-state index contributed by atoms with van der Waals surface area (Å²) in [7, 11) is 0. The van der Waals surface area contributed by atoms with Gasteiger partial charge in [-0.15, -0.1) is 0 Å². The van der Waals surface area contributed by atoms with Gasteiger partial charge >= 0.3 is 0 Å². The number of hydrogen-bond donors (Lipinski definition) is 1. The highest BCUT2D eigenvalue weighted by Crippen LogP contribution is 2.50. The predicted molar refractivity (Wildman–Crippen MR) is 113 cm³/mol. The van der Waals surface area contributed by atoms with Crippen LogP contribution in [0.5, 0.6) is 5.75 Å². The summed E-state index contributed by atoms with van der Waals surface area (Å²) in [5, 5.41) is 25.6. The number of phenols is 1. The van der Waals surface area contributed by atoms with Crippen molar-refractivity contribution in [2.75, 3.05) is 6.54 Å². The monoisotopic (exact) mass is 419 g/mol. The van der Waals surface area contributed by atoms with Gasteiger partial charge in [0.05, 0.1) is 6.54 Å². The maximum Gasteiger partial charge on any atom is 0.175 e. The second-order valence-electron chi connectivity index (χ2n) is 6.61. The minimum Gasteiger partial charge on any atom is -0.622 e. The highest BCUT2D eigenvalue weighted by molar-refractivity contribution is 6.39. The molecule has 0 saturated heterocycles. The SMILES string of the molecule is [O-][N+]1(c2c(Cl)cccc2Cl)CCCc2c(-c3ccccc3Cl)cc(O)cc21. The smallest absolute Gasteiger partial charge is 0.175 e. The Kier molecular flexibility index (Phi) is 4.83. The molecule has 3 aromatic rings. The Labute approximate surface area is 172 Å². The normalized spacial score (nSPS) is 19.0. The Morgan fingerprint density at radius 1 is 0.852 bits per heavy atom. The average Bonchev–Trinajstić information content (AvgIpc) is 2.62. The van der Waals surface area contributed by atoms with Crippen molar-refractivity contribution in [2.45, 2.75) is 12.8 Å². The first-order valence-corrected chi connectivity index (χ1v) is 9.70. The Hall–Kier alpha value is -1.75.